The highest BCUT2D eigenvalue weighted by atomic mass is 32.1. The van der Waals surface area contributed by atoms with Gasteiger partial charge in [-0.25, -0.2) is 15.0 Å². The third-order valence-corrected chi connectivity index (χ3v) is 3.29. The third kappa shape index (κ3) is 3.62. The Labute approximate surface area is 119 Å². The molecule has 0 aliphatic carbocycles. The molecule has 0 fully saturated rings. The van der Waals surface area contributed by atoms with Gasteiger partial charge in [-0.2, -0.15) is 0 Å². The molecule has 2 heterocycles. The molecule has 0 spiro atoms. The van der Waals surface area contributed by atoms with Crippen molar-refractivity contribution in [3.8, 4) is 0 Å². The maximum absolute atomic E-state index is 12.0. The number of nitrogens with one attached hydrogen (secondary N) is 2. The number of hydrogen-bond donors (Lipinski definition) is 3. The Balaban J connectivity index is 2.02. The molecular formula is C11H14N6O2S. The zero-order valence-electron chi connectivity index (χ0n) is 10.8. The lowest BCUT2D eigenvalue weighted by atomic mass is 10.4. The molecule has 4 N–H and O–H groups in total. The molecular weight excluding hydrogens is 280 g/mol. The highest BCUT2D eigenvalue weighted by Crippen LogP contribution is 2.25. The van der Waals surface area contributed by atoms with Crippen LogP contribution in [0, 0.1) is 0 Å². The maximum atomic E-state index is 12.0. The number of hydrogen-bond acceptors (Lipinski definition) is 8. The number of carbonyl (C=O) groups is 1. The van der Waals surface area contributed by atoms with E-state index in [0.717, 1.165) is 0 Å². The summed E-state index contributed by atoms with van der Waals surface area (Å²) in [7, 11) is 1.61. The minimum atomic E-state index is -0.338. The van der Waals surface area contributed by atoms with Gasteiger partial charge in [-0.05, 0) is 0 Å². The number of methoxy groups -OCH3 is 1. The summed E-state index contributed by atoms with van der Waals surface area (Å²) in [5, 5.41) is 6.25. The predicted molar refractivity (Wildman–Crippen MR) is 76.9 cm³/mol. The van der Waals surface area contributed by atoms with Gasteiger partial charge in [0.2, 0.25) is 0 Å². The van der Waals surface area contributed by atoms with E-state index in [0.29, 0.717) is 28.8 Å². The first-order valence-electron chi connectivity index (χ1n) is 5.76. The number of thiazole rings is 1. The van der Waals surface area contributed by atoms with E-state index in [2.05, 4.69) is 25.6 Å². The van der Waals surface area contributed by atoms with Gasteiger partial charge in [-0.15, -0.1) is 0 Å². The van der Waals surface area contributed by atoms with Crippen LogP contribution in [0.15, 0.2) is 18.7 Å². The highest BCUT2D eigenvalue weighted by molar-refractivity contribution is 7.18. The lowest BCUT2D eigenvalue weighted by molar-refractivity contribution is 0.103. The fourth-order valence-corrected chi connectivity index (χ4v) is 2.19. The van der Waals surface area contributed by atoms with Crippen LogP contribution in [0.4, 0.5) is 16.6 Å². The van der Waals surface area contributed by atoms with Crippen LogP contribution < -0.4 is 16.4 Å². The van der Waals surface area contributed by atoms with Crippen LogP contribution in [-0.4, -0.2) is 41.1 Å². The average molecular weight is 294 g/mol. The monoisotopic (exact) mass is 294 g/mol. The van der Waals surface area contributed by atoms with E-state index in [1.807, 2.05) is 0 Å². The van der Waals surface area contributed by atoms with Gasteiger partial charge in [-0.3, -0.25) is 4.79 Å². The number of nitrogens with zero attached hydrogens (tertiary/aromatic N) is 3. The molecule has 20 heavy (non-hydrogen) atoms. The summed E-state index contributed by atoms with van der Waals surface area (Å²) in [6.45, 7) is 1.14. The Morgan fingerprint density at radius 1 is 1.45 bits per heavy atom. The van der Waals surface area contributed by atoms with Crippen LogP contribution in [0.1, 0.15) is 9.67 Å². The van der Waals surface area contributed by atoms with Gasteiger partial charge in [-0.1, -0.05) is 11.3 Å². The van der Waals surface area contributed by atoms with Gasteiger partial charge in [0, 0.05) is 13.7 Å². The number of rotatable bonds is 6. The van der Waals surface area contributed by atoms with E-state index in [1.54, 1.807) is 7.11 Å². The predicted octanol–water partition coefficient (Wildman–Crippen LogP) is 0.826. The summed E-state index contributed by atoms with van der Waals surface area (Å²) in [5.74, 6) is -0.154. The van der Waals surface area contributed by atoms with Crippen LogP contribution in [-0.2, 0) is 4.74 Å². The molecule has 0 radical (unpaired) electrons. The Morgan fingerprint density at radius 3 is 2.90 bits per heavy atom. The first kappa shape index (κ1) is 14.2. The molecule has 0 aliphatic heterocycles. The van der Waals surface area contributed by atoms with Gasteiger partial charge in [0.1, 0.15) is 17.0 Å². The van der Waals surface area contributed by atoms with Crippen LogP contribution in [0.5, 0.6) is 0 Å². The smallest absolute Gasteiger partial charge is 0.269 e. The lowest BCUT2D eigenvalue weighted by Gasteiger charge is -2.01. The van der Waals surface area contributed by atoms with E-state index >= 15 is 0 Å². The Bertz CT molecular complexity index is 574. The SMILES string of the molecule is COCCNc1nc(N)c(C(=O)Nc2cncnc2)s1. The molecule has 0 bridgehead atoms. The summed E-state index contributed by atoms with van der Waals surface area (Å²) in [6, 6.07) is 0. The van der Waals surface area contributed by atoms with E-state index in [9.17, 15) is 4.79 Å². The first-order valence-corrected chi connectivity index (χ1v) is 6.58. The molecule has 0 unspecified atom stereocenters. The van der Waals surface area contributed by atoms with E-state index in [-0.39, 0.29) is 11.7 Å². The van der Waals surface area contributed by atoms with Crippen molar-refractivity contribution in [1.82, 2.24) is 15.0 Å². The van der Waals surface area contributed by atoms with Crippen LogP contribution in [0.2, 0.25) is 0 Å². The molecule has 2 aromatic rings. The minimum absolute atomic E-state index is 0.185. The van der Waals surface area contributed by atoms with Crippen molar-refractivity contribution in [2.24, 2.45) is 0 Å². The molecule has 0 atom stereocenters. The standard InChI is InChI=1S/C11H14N6O2S/c1-19-3-2-15-11-17-9(12)8(20-11)10(18)16-7-4-13-6-14-5-7/h4-6H,2-3,12H2,1H3,(H,15,17)(H,16,18). The molecule has 2 rings (SSSR count). The number of aromatic nitrogens is 3. The molecule has 0 aliphatic rings. The van der Waals surface area contributed by atoms with Gasteiger partial charge >= 0.3 is 0 Å². The summed E-state index contributed by atoms with van der Waals surface area (Å²) in [4.78, 5) is 24.1. The van der Waals surface area contributed by atoms with Crippen molar-refractivity contribution in [2.45, 2.75) is 0 Å². The number of nitrogen functional groups attached to an aromatic ring is 1. The van der Waals surface area contributed by atoms with E-state index < -0.39 is 0 Å². The number of amides is 1. The third-order valence-electron chi connectivity index (χ3n) is 2.26. The molecule has 0 aromatic carbocycles. The van der Waals surface area contributed by atoms with Crippen molar-refractivity contribution in [2.75, 3.05) is 36.6 Å². The van der Waals surface area contributed by atoms with Gasteiger partial charge in [0.15, 0.2) is 5.13 Å². The van der Waals surface area contributed by atoms with Crippen molar-refractivity contribution in [1.29, 1.82) is 0 Å². The van der Waals surface area contributed by atoms with Gasteiger partial charge in [0.25, 0.3) is 5.91 Å². The molecule has 0 saturated heterocycles. The van der Waals surface area contributed by atoms with Crippen molar-refractivity contribution in [3.63, 3.8) is 0 Å². The fraction of sp³-hybridized carbons (Fsp3) is 0.273. The Morgan fingerprint density at radius 2 is 2.20 bits per heavy atom. The zero-order valence-corrected chi connectivity index (χ0v) is 11.6. The summed E-state index contributed by atoms with van der Waals surface area (Å²) in [6.07, 6.45) is 4.38. The van der Waals surface area contributed by atoms with Crippen LogP contribution in [0.25, 0.3) is 0 Å². The van der Waals surface area contributed by atoms with Crippen molar-refractivity contribution in [3.05, 3.63) is 23.6 Å². The summed E-state index contributed by atoms with van der Waals surface area (Å²) in [5.41, 5.74) is 6.24. The number of ether oxygens (including phenoxy) is 1. The van der Waals surface area contributed by atoms with E-state index in [1.165, 1.54) is 30.1 Å². The quantitative estimate of drug-likeness (QED) is 0.676. The van der Waals surface area contributed by atoms with E-state index in [4.69, 9.17) is 10.5 Å². The molecule has 2 aromatic heterocycles. The second-order valence-corrected chi connectivity index (χ2v) is 4.73. The first-order chi connectivity index (χ1) is 9.70. The number of carbonyl (C=O) groups excluding carboxylic acids is 1. The second kappa shape index (κ2) is 6.78. The zero-order chi connectivity index (χ0) is 14.4. The Kier molecular flexibility index (Phi) is 4.80. The number of nitrogens with two attached hydrogens (primary N) is 1. The topological polar surface area (TPSA) is 115 Å². The molecule has 0 saturated carbocycles. The molecule has 106 valence electrons. The lowest BCUT2D eigenvalue weighted by Crippen LogP contribution is -2.12. The van der Waals surface area contributed by atoms with Crippen molar-refractivity contribution >= 4 is 33.9 Å². The van der Waals surface area contributed by atoms with Gasteiger partial charge < -0.3 is 21.1 Å². The largest absolute Gasteiger partial charge is 0.383 e. The Hall–Kier alpha value is -2.26. The molecule has 8 nitrogen and oxygen atoms in total. The van der Waals surface area contributed by atoms with Crippen LogP contribution >= 0.6 is 11.3 Å². The maximum Gasteiger partial charge on any atom is 0.269 e. The number of anilines is 3. The second-order valence-electron chi connectivity index (χ2n) is 3.73. The summed E-state index contributed by atoms with van der Waals surface area (Å²) >= 11 is 1.18. The molecule has 9 heteroatoms. The normalized spacial score (nSPS) is 10.2. The molecule has 1 amide bonds. The summed E-state index contributed by atoms with van der Waals surface area (Å²) < 4.78 is 4.92. The van der Waals surface area contributed by atoms with Crippen molar-refractivity contribution < 1.29 is 9.53 Å². The fourth-order valence-electron chi connectivity index (χ4n) is 1.38. The average Bonchev–Trinajstić information content (AvgIpc) is 2.81. The minimum Gasteiger partial charge on any atom is -0.383 e. The van der Waals surface area contributed by atoms with Gasteiger partial charge in [0.05, 0.1) is 24.7 Å². The highest BCUT2D eigenvalue weighted by Gasteiger charge is 2.16. The van der Waals surface area contributed by atoms with Crippen LogP contribution in [0.3, 0.4) is 0 Å².